The molecule has 6 nitrogen and oxygen atoms in total. The van der Waals surface area contributed by atoms with E-state index in [1.165, 1.54) is 11.0 Å². The Hall–Kier alpha value is -1.99. The second-order valence-electron chi connectivity index (χ2n) is 4.64. The number of nitrogens with zero attached hydrogens (tertiary/aromatic N) is 1. The Labute approximate surface area is 115 Å². The molecule has 1 unspecified atom stereocenters. The first-order valence-corrected chi connectivity index (χ1v) is 6.22. The van der Waals surface area contributed by atoms with Crippen LogP contribution < -0.4 is 11.5 Å². The molecule has 1 aromatic carbocycles. The summed E-state index contributed by atoms with van der Waals surface area (Å²) in [5, 5.41) is 8.95. The summed E-state index contributed by atoms with van der Waals surface area (Å²) >= 11 is 0. The third kappa shape index (κ3) is 2.25. The van der Waals surface area contributed by atoms with Gasteiger partial charge in [0, 0.05) is 25.3 Å². The molecule has 0 radical (unpaired) electrons. The number of primary amides is 1. The number of carbonyl (C=O) groups is 2. The van der Waals surface area contributed by atoms with Crippen molar-refractivity contribution in [2.45, 2.75) is 25.6 Å². The van der Waals surface area contributed by atoms with Crippen LogP contribution in [0.15, 0.2) is 12.1 Å². The molecule has 0 spiro atoms. The summed E-state index contributed by atoms with van der Waals surface area (Å²) in [5.74, 6) is -1.96. The van der Waals surface area contributed by atoms with E-state index in [9.17, 15) is 14.0 Å². The Kier molecular flexibility index (Phi) is 4.01. The van der Waals surface area contributed by atoms with Crippen molar-refractivity contribution < 1.29 is 19.1 Å². The van der Waals surface area contributed by atoms with Gasteiger partial charge in [-0.05, 0) is 12.0 Å². The SMILES string of the molecule is NCc1ccc2c(c1F)C(=O)N(C(CCO)C(N)=O)C2. The molecule has 0 saturated carbocycles. The van der Waals surface area contributed by atoms with Crippen LogP contribution >= 0.6 is 0 Å². The molecule has 0 fully saturated rings. The molecule has 2 rings (SSSR count). The first kappa shape index (κ1) is 14.4. The van der Waals surface area contributed by atoms with Gasteiger partial charge >= 0.3 is 0 Å². The van der Waals surface area contributed by atoms with Crippen molar-refractivity contribution in [3.63, 3.8) is 0 Å². The fourth-order valence-electron chi connectivity index (χ4n) is 2.40. The minimum absolute atomic E-state index is 0.0116. The van der Waals surface area contributed by atoms with Crippen LogP contribution in [0.25, 0.3) is 0 Å². The summed E-state index contributed by atoms with van der Waals surface area (Å²) in [6.07, 6.45) is 0.0282. The number of fused-ring (bicyclic) bond motifs is 1. The zero-order valence-corrected chi connectivity index (χ0v) is 10.8. The number of aliphatic hydroxyl groups excluding tert-OH is 1. The zero-order chi connectivity index (χ0) is 14.9. The Balaban J connectivity index is 2.38. The molecular formula is C13H16FN3O3. The van der Waals surface area contributed by atoms with Gasteiger partial charge in [0.1, 0.15) is 11.9 Å². The molecule has 1 atom stereocenters. The molecule has 0 aliphatic carbocycles. The minimum atomic E-state index is -0.944. The van der Waals surface area contributed by atoms with E-state index in [-0.39, 0.29) is 37.2 Å². The van der Waals surface area contributed by atoms with Gasteiger partial charge in [-0.1, -0.05) is 12.1 Å². The molecule has 7 heteroatoms. The Morgan fingerprint density at radius 3 is 2.75 bits per heavy atom. The van der Waals surface area contributed by atoms with Crippen LogP contribution in [0, 0.1) is 5.82 Å². The van der Waals surface area contributed by atoms with E-state index >= 15 is 0 Å². The van der Waals surface area contributed by atoms with Crippen LogP contribution in [-0.2, 0) is 17.9 Å². The number of nitrogens with two attached hydrogens (primary N) is 2. The molecular weight excluding hydrogens is 265 g/mol. The van der Waals surface area contributed by atoms with Crippen molar-refractivity contribution in [1.82, 2.24) is 4.90 Å². The van der Waals surface area contributed by atoms with Crippen molar-refractivity contribution in [1.29, 1.82) is 0 Å². The van der Waals surface area contributed by atoms with Gasteiger partial charge in [-0.3, -0.25) is 9.59 Å². The van der Waals surface area contributed by atoms with Gasteiger partial charge in [0.15, 0.2) is 0 Å². The van der Waals surface area contributed by atoms with E-state index in [0.717, 1.165) is 0 Å². The molecule has 20 heavy (non-hydrogen) atoms. The van der Waals surface area contributed by atoms with Crippen LogP contribution in [0.1, 0.15) is 27.9 Å². The number of amides is 2. The Morgan fingerprint density at radius 2 is 2.20 bits per heavy atom. The normalized spacial score (nSPS) is 15.3. The van der Waals surface area contributed by atoms with E-state index < -0.39 is 23.7 Å². The van der Waals surface area contributed by atoms with Crippen molar-refractivity contribution in [2.24, 2.45) is 11.5 Å². The number of hydrogen-bond acceptors (Lipinski definition) is 4. The number of rotatable bonds is 5. The minimum Gasteiger partial charge on any atom is -0.396 e. The number of carbonyl (C=O) groups excluding carboxylic acids is 2. The van der Waals surface area contributed by atoms with Gasteiger partial charge in [-0.2, -0.15) is 0 Å². The third-order valence-corrected chi connectivity index (χ3v) is 3.45. The van der Waals surface area contributed by atoms with Gasteiger partial charge in [0.2, 0.25) is 5.91 Å². The van der Waals surface area contributed by atoms with Gasteiger partial charge in [-0.15, -0.1) is 0 Å². The summed E-state index contributed by atoms with van der Waals surface area (Å²) in [5.41, 5.74) is 11.3. The lowest BCUT2D eigenvalue weighted by atomic mass is 10.1. The lowest BCUT2D eigenvalue weighted by molar-refractivity contribution is -0.123. The van der Waals surface area contributed by atoms with Crippen molar-refractivity contribution >= 4 is 11.8 Å². The average molecular weight is 281 g/mol. The monoisotopic (exact) mass is 281 g/mol. The molecule has 0 aromatic heterocycles. The summed E-state index contributed by atoms with van der Waals surface area (Å²) in [6, 6.07) is 2.20. The molecule has 1 aliphatic heterocycles. The van der Waals surface area contributed by atoms with Crippen LogP contribution in [0.2, 0.25) is 0 Å². The van der Waals surface area contributed by atoms with Crippen LogP contribution in [0.5, 0.6) is 0 Å². The fraction of sp³-hybridized carbons (Fsp3) is 0.385. The highest BCUT2D eigenvalue weighted by atomic mass is 19.1. The van der Waals surface area contributed by atoms with Crippen LogP contribution in [0.3, 0.4) is 0 Å². The quantitative estimate of drug-likeness (QED) is 0.674. The van der Waals surface area contributed by atoms with Gasteiger partial charge in [0.25, 0.3) is 5.91 Å². The van der Waals surface area contributed by atoms with Gasteiger partial charge in [-0.25, -0.2) is 4.39 Å². The average Bonchev–Trinajstić information content (AvgIpc) is 2.74. The summed E-state index contributed by atoms with van der Waals surface area (Å²) in [6.45, 7) is -0.198. The lowest BCUT2D eigenvalue weighted by Crippen LogP contribution is -2.45. The fourth-order valence-corrected chi connectivity index (χ4v) is 2.40. The molecule has 1 heterocycles. The second kappa shape index (κ2) is 5.56. The highest BCUT2D eigenvalue weighted by Gasteiger charge is 2.37. The van der Waals surface area contributed by atoms with Crippen molar-refractivity contribution in [3.05, 3.63) is 34.6 Å². The number of aliphatic hydroxyl groups is 1. The number of hydrogen-bond donors (Lipinski definition) is 3. The second-order valence-corrected chi connectivity index (χ2v) is 4.64. The molecule has 1 aliphatic rings. The highest BCUT2D eigenvalue weighted by Crippen LogP contribution is 2.29. The first-order chi connectivity index (χ1) is 9.51. The van der Waals surface area contributed by atoms with E-state index in [4.69, 9.17) is 16.6 Å². The van der Waals surface area contributed by atoms with Gasteiger partial charge in [0.05, 0.1) is 5.56 Å². The third-order valence-electron chi connectivity index (χ3n) is 3.45. The predicted octanol–water partition coefficient (Wildman–Crippen LogP) is -0.524. The Morgan fingerprint density at radius 1 is 1.50 bits per heavy atom. The predicted molar refractivity (Wildman–Crippen MR) is 68.9 cm³/mol. The first-order valence-electron chi connectivity index (χ1n) is 6.22. The van der Waals surface area contributed by atoms with Crippen molar-refractivity contribution in [2.75, 3.05) is 6.61 Å². The topological polar surface area (TPSA) is 110 Å². The lowest BCUT2D eigenvalue weighted by Gasteiger charge is -2.24. The summed E-state index contributed by atoms with van der Waals surface area (Å²) in [7, 11) is 0. The number of halogens is 1. The van der Waals surface area contributed by atoms with E-state index in [0.29, 0.717) is 5.56 Å². The molecule has 0 saturated heterocycles. The highest BCUT2D eigenvalue weighted by molar-refractivity contribution is 6.01. The maximum absolute atomic E-state index is 14.2. The molecule has 1 aromatic rings. The largest absolute Gasteiger partial charge is 0.396 e. The van der Waals surface area contributed by atoms with E-state index in [1.54, 1.807) is 6.07 Å². The van der Waals surface area contributed by atoms with Gasteiger partial charge < -0.3 is 21.5 Å². The number of benzene rings is 1. The summed E-state index contributed by atoms with van der Waals surface area (Å²) < 4.78 is 14.2. The van der Waals surface area contributed by atoms with E-state index in [1.807, 2.05) is 0 Å². The zero-order valence-electron chi connectivity index (χ0n) is 10.8. The maximum atomic E-state index is 14.2. The van der Waals surface area contributed by atoms with Crippen LogP contribution in [-0.4, -0.2) is 34.5 Å². The smallest absolute Gasteiger partial charge is 0.258 e. The standard InChI is InChI=1S/C13H16FN3O3/c14-11-7(5-15)1-2-8-6-17(13(20)10(8)11)9(3-4-18)12(16)19/h1-2,9,18H,3-6,15H2,(H2,16,19). The van der Waals surface area contributed by atoms with Crippen molar-refractivity contribution in [3.8, 4) is 0 Å². The maximum Gasteiger partial charge on any atom is 0.258 e. The summed E-state index contributed by atoms with van der Waals surface area (Å²) in [4.78, 5) is 24.8. The molecule has 5 N–H and O–H groups in total. The molecule has 0 bridgehead atoms. The van der Waals surface area contributed by atoms with E-state index in [2.05, 4.69) is 0 Å². The molecule has 2 amide bonds. The molecule has 108 valence electrons. The Bertz CT molecular complexity index is 562. The van der Waals surface area contributed by atoms with Crippen LogP contribution in [0.4, 0.5) is 4.39 Å².